The molecule has 0 aromatic rings. The number of hydrogen-bond donors (Lipinski definition) is 1. The summed E-state index contributed by atoms with van der Waals surface area (Å²) in [5, 5.41) is 3.32. The lowest BCUT2D eigenvalue weighted by Crippen LogP contribution is -2.26. The first-order valence-electron chi connectivity index (χ1n) is 3.85. The molecule has 4 heteroatoms. The standard InChI is InChI=1S/C7H13N3.ClH/c1-5-3-10-4-6(2)9-7(10)8-5;/h5-6H,3-4H2,1-2H3,(H,8,9);1H. The quantitative estimate of drug-likeness (QED) is 0.580. The summed E-state index contributed by atoms with van der Waals surface area (Å²) < 4.78 is 0. The number of fused-ring (bicyclic) bond motifs is 1. The van der Waals surface area contributed by atoms with E-state index in [1.165, 1.54) is 0 Å². The molecular weight excluding hydrogens is 162 g/mol. The minimum absolute atomic E-state index is 0. The molecule has 2 heterocycles. The van der Waals surface area contributed by atoms with Gasteiger partial charge in [0.2, 0.25) is 0 Å². The van der Waals surface area contributed by atoms with E-state index in [1.807, 2.05) is 0 Å². The SMILES string of the molecule is CC1CN2CC(C)NC2=N1.Cl. The lowest BCUT2D eigenvalue weighted by atomic mass is 10.3. The second-order valence-electron chi connectivity index (χ2n) is 3.25. The molecule has 1 N–H and O–H groups in total. The third-order valence-electron chi connectivity index (χ3n) is 2.00. The van der Waals surface area contributed by atoms with Gasteiger partial charge in [-0.15, -0.1) is 12.4 Å². The molecule has 2 rings (SSSR count). The summed E-state index contributed by atoms with van der Waals surface area (Å²) in [7, 11) is 0. The molecule has 0 amide bonds. The molecule has 0 aliphatic carbocycles. The van der Waals surface area contributed by atoms with Gasteiger partial charge < -0.3 is 10.2 Å². The Morgan fingerprint density at radius 2 is 2.18 bits per heavy atom. The molecule has 0 radical (unpaired) electrons. The first kappa shape index (κ1) is 8.65. The Morgan fingerprint density at radius 1 is 1.45 bits per heavy atom. The number of guanidine groups is 1. The highest BCUT2D eigenvalue weighted by Crippen LogP contribution is 2.12. The molecule has 2 unspecified atom stereocenters. The van der Waals surface area contributed by atoms with Gasteiger partial charge in [0.1, 0.15) is 0 Å². The van der Waals surface area contributed by atoms with Crippen molar-refractivity contribution in [1.29, 1.82) is 0 Å². The van der Waals surface area contributed by atoms with Crippen LogP contribution in [0.1, 0.15) is 13.8 Å². The molecule has 1 fully saturated rings. The first-order valence-corrected chi connectivity index (χ1v) is 3.85. The summed E-state index contributed by atoms with van der Waals surface area (Å²) in [5.41, 5.74) is 0. The van der Waals surface area contributed by atoms with Crippen LogP contribution in [0.4, 0.5) is 0 Å². The second-order valence-corrected chi connectivity index (χ2v) is 3.25. The van der Waals surface area contributed by atoms with E-state index >= 15 is 0 Å². The second kappa shape index (κ2) is 2.89. The fraction of sp³-hybridized carbons (Fsp3) is 0.857. The van der Waals surface area contributed by atoms with Crippen molar-refractivity contribution in [1.82, 2.24) is 10.2 Å². The van der Waals surface area contributed by atoms with Crippen LogP contribution in [0.2, 0.25) is 0 Å². The average molecular weight is 176 g/mol. The number of nitrogens with zero attached hydrogens (tertiary/aromatic N) is 2. The summed E-state index contributed by atoms with van der Waals surface area (Å²) in [4.78, 5) is 6.75. The van der Waals surface area contributed by atoms with Crippen molar-refractivity contribution in [2.45, 2.75) is 25.9 Å². The Morgan fingerprint density at radius 3 is 2.82 bits per heavy atom. The van der Waals surface area contributed by atoms with Crippen molar-refractivity contribution in [3.8, 4) is 0 Å². The van der Waals surface area contributed by atoms with Crippen LogP contribution in [-0.2, 0) is 0 Å². The molecule has 2 aliphatic heterocycles. The fourth-order valence-electron chi connectivity index (χ4n) is 1.62. The van der Waals surface area contributed by atoms with Crippen LogP contribution < -0.4 is 5.32 Å². The van der Waals surface area contributed by atoms with Crippen LogP contribution >= 0.6 is 12.4 Å². The van der Waals surface area contributed by atoms with Crippen LogP contribution in [0.3, 0.4) is 0 Å². The van der Waals surface area contributed by atoms with E-state index in [2.05, 4.69) is 29.1 Å². The number of rotatable bonds is 0. The molecule has 0 spiro atoms. The predicted octanol–water partition coefficient (Wildman–Crippen LogP) is 0.460. The van der Waals surface area contributed by atoms with Crippen molar-refractivity contribution < 1.29 is 0 Å². The van der Waals surface area contributed by atoms with E-state index in [0.29, 0.717) is 12.1 Å². The normalized spacial score (nSPS) is 34.0. The van der Waals surface area contributed by atoms with Gasteiger partial charge >= 0.3 is 0 Å². The van der Waals surface area contributed by atoms with Crippen LogP contribution in [0.5, 0.6) is 0 Å². The highest BCUT2D eigenvalue weighted by molar-refractivity contribution is 5.85. The maximum atomic E-state index is 4.43. The Labute approximate surface area is 73.3 Å². The third-order valence-corrected chi connectivity index (χ3v) is 2.00. The highest BCUT2D eigenvalue weighted by atomic mass is 35.5. The minimum Gasteiger partial charge on any atom is -0.352 e. The molecule has 64 valence electrons. The Bertz CT molecular complexity index is 181. The van der Waals surface area contributed by atoms with Crippen molar-refractivity contribution in [2.24, 2.45) is 4.99 Å². The zero-order valence-corrected chi connectivity index (χ0v) is 7.69. The number of nitrogens with one attached hydrogen (secondary N) is 1. The van der Waals surface area contributed by atoms with Gasteiger partial charge in [-0.3, -0.25) is 0 Å². The van der Waals surface area contributed by atoms with Gasteiger partial charge in [-0.2, -0.15) is 0 Å². The molecular formula is C7H14ClN3. The molecule has 2 aliphatic rings. The topological polar surface area (TPSA) is 27.6 Å². The highest BCUT2D eigenvalue weighted by Gasteiger charge is 2.29. The molecule has 3 nitrogen and oxygen atoms in total. The van der Waals surface area contributed by atoms with Gasteiger partial charge in [0.05, 0.1) is 6.04 Å². The minimum atomic E-state index is 0. The van der Waals surface area contributed by atoms with Gasteiger partial charge in [0, 0.05) is 19.1 Å². The lowest BCUT2D eigenvalue weighted by molar-refractivity contribution is 0.442. The Kier molecular flexibility index (Phi) is 2.28. The zero-order chi connectivity index (χ0) is 7.14. The Balaban J connectivity index is 0.000000605. The molecule has 1 saturated heterocycles. The van der Waals surface area contributed by atoms with E-state index in [9.17, 15) is 0 Å². The molecule has 11 heavy (non-hydrogen) atoms. The molecule has 2 atom stereocenters. The zero-order valence-electron chi connectivity index (χ0n) is 6.87. The molecule has 0 bridgehead atoms. The number of aliphatic imine (C=N–C) groups is 1. The summed E-state index contributed by atoms with van der Waals surface area (Å²) in [6, 6.07) is 1.08. The van der Waals surface area contributed by atoms with Gasteiger partial charge in [0.15, 0.2) is 5.96 Å². The average Bonchev–Trinajstić information content (AvgIpc) is 2.21. The molecule has 0 aromatic carbocycles. The summed E-state index contributed by atoms with van der Waals surface area (Å²) in [6.07, 6.45) is 0. The number of halogens is 1. The van der Waals surface area contributed by atoms with Gasteiger partial charge in [-0.1, -0.05) is 0 Å². The Hall–Kier alpha value is -0.440. The number of hydrogen-bond acceptors (Lipinski definition) is 3. The maximum absolute atomic E-state index is 4.43. The van der Waals surface area contributed by atoms with Crippen LogP contribution in [0.25, 0.3) is 0 Å². The van der Waals surface area contributed by atoms with E-state index < -0.39 is 0 Å². The summed E-state index contributed by atoms with van der Waals surface area (Å²) in [5.74, 6) is 1.11. The van der Waals surface area contributed by atoms with E-state index in [4.69, 9.17) is 0 Å². The lowest BCUT2D eigenvalue weighted by Gasteiger charge is -2.09. The van der Waals surface area contributed by atoms with E-state index in [0.717, 1.165) is 19.0 Å². The van der Waals surface area contributed by atoms with Gasteiger partial charge in [-0.25, -0.2) is 4.99 Å². The smallest absolute Gasteiger partial charge is 0.194 e. The van der Waals surface area contributed by atoms with Crippen molar-refractivity contribution >= 4 is 18.4 Å². The van der Waals surface area contributed by atoms with Gasteiger partial charge in [0.25, 0.3) is 0 Å². The maximum Gasteiger partial charge on any atom is 0.194 e. The molecule has 0 saturated carbocycles. The first-order chi connectivity index (χ1) is 4.75. The predicted molar refractivity (Wildman–Crippen MR) is 48.3 cm³/mol. The van der Waals surface area contributed by atoms with E-state index in [-0.39, 0.29) is 12.4 Å². The van der Waals surface area contributed by atoms with Crippen molar-refractivity contribution in [3.05, 3.63) is 0 Å². The molecule has 0 aromatic heterocycles. The van der Waals surface area contributed by atoms with E-state index in [1.54, 1.807) is 0 Å². The fourth-order valence-corrected chi connectivity index (χ4v) is 1.62. The largest absolute Gasteiger partial charge is 0.352 e. The van der Waals surface area contributed by atoms with Crippen molar-refractivity contribution in [2.75, 3.05) is 13.1 Å². The third kappa shape index (κ3) is 1.43. The van der Waals surface area contributed by atoms with Crippen LogP contribution in [0.15, 0.2) is 4.99 Å². The summed E-state index contributed by atoms with van der Waals surface area (Å²) >= 11 is 0. The van der Waals surface area contributed by atoms with Crippen LogP contribution in [-0.4, -0.2) is 36.0 Å². The summed E-state index contributed by atoms with van der Waals surface area (Å²) in [6.45, 7) is 6.57. The monoisotopic (exact) mass is 175 g/mol. The van der Waals surface area contributed by atoms with Gasteiger partial charge in [-0.05, 0) is 13.8 Å². The van der Waals surface area contributed by atoms with Crippen molar-refractivity contribution in [3.63, 3.8) is 0 Å². The van der Waals surface area contributed by atoms with Crippen LogP contribution in [0, 0.1) is 0 Å².